The van der Waals surface area contributed by atoms with Crippen LogP contribution in [0.2, 0.25) is 0 Å². The SMILES string of the molecule is CCOc1cc(-c2[nH]c(=O)[nH+]c3c2c(=O)n(CC)c(=O)n3CC)ccc1OCC#N. The van der Waals surface area contributed by atoms with Gasteiger partial charge in [0.05, 0.1) is 13.2 Å². The molecule has 2 aromatic heterocycles. The molecular formula is C20H22N5O5+. The fraction of sp³-hybridized carbons (Fsp3) is 0.350. The van der Waals surface area contributed by atoms with E-state index in [1.807, 2.05) is 6.07 Å². The van der Waals surface area contributed by atoms with Crippen molar-refractivity contribution in [3.8, 4) is 28.8 Å². The first kappa shape index (κ1) is 20.9. The van der Waals surface area contributed by atoms with E-state index >= 15 is 0 Å². The molecule has 2 heterocycles. The number of benzene rings is 1. The van der Waals surface area contributed by atoms with E-state index in [1.165, 1.54) is 4.57 Å². The summed E-state index contributed by atoms with van der Waals surface area (Å²) in [5.74, 6) is 0.736. The van der Waals surface area contributed by atoms with Crippen LogP contribution in [0.25, 0.3) is 22.3 Å². The lowest BCUT2D eigenvalue weighted by Gasteiger charge is -2.12. The van der Waals surface area contributed by atoms with Gasteiger partial charge < -0.3 is 9.47 Å². The van der Waals surface area contributed by atoms with Crippen LogP contribution in [-0.2, 0) is 13.1 Å². The second kappa shape index (κ2) is 8.65. The largest absolute Gasteiger partial charge is 0.490 e. The predicted molar refractivity (Wildman–Crippen MR) is 109 cm³/mol. The van der Waals surface area contributed by atoms with Crippen LogP contribution in [0.1, 0.15) is 20.8 Å². The van der Waals surface area contributed by atoms with Crippen molar-refractivity contribution < 1.29 is 14.5 Å². The molecule has 10 heteroatoms. The van der Waals surface area contributed by atoms with E-state index in [0.29, 0.717) is 23.7 Å². The van der Waals surface area contributed by atoms with Crippen LogP contribution in [-0.4, -0.2) is 27.3 Å². The number of ether oxygens (including phenoxy) is 2. The molecule has 0 aliphatic carbocycles. The molecule has 0 spiro atoms. The van der Waals surface area contributed by atoms with Crippen molar-refractivity contribution in [2.75, 3.05) is 13.2 Å². The maximum atomic E-state index is 13.1. The van der Waals surface area contributed by atoms with E-state index in [0.717, 1.165) is 4.57 Å². The van der Waals surface area contributed by atoms with Gasteiger partial charge in [0, 0.05) is 12.1 Å². The standard InChI is InChI=1S/C20H21N5O5/c1-4-24-17-15(18(26)25(5-2)20(24)28)16(22-19(27)23-17)12-7-8-13(30-10-9-21)14(11-12)29-6-3/h7-8,11H,4-6,10H2,1-3H3,(H,22,23,27)/p+1. The highest BCUT2D eigenvalue weighted by Crippen LogP contribution is 2.33. The third-order valence-corrected chi connectivity index (χ3v) is 4.60. The summed E-state index contributed by atoms with van der Waals surface area (Å²) < 4.78 is 13.5. The summed E-state index contributed by atoms with van der Waals surface area (Å²) in [5, 5.41) is 8.94. The Morgan fingerprint density at radius 3 is 2.43 bits per heavy atom. The highest BCUT2D eigenvalue weighted by atomic mass is 16.5. The molecule has 0 fully saturated rings. The maximum Gasteiger partial charge on any atom is 0.439 e. The van der Waals surface area contributed by atoms with Crippen molar-refractivity contribution in [1.82, 2.24) is 14.1 Å². The van der Waals surface area contributed by atoms with Crippen LogP contribution >= 0.6 is 0 Å². The molecule has 0 amide bonds. The quantitative estimate of drug-likeness (QED) is 0.606. The summed E-state index contributed by atoms with van der Waals surface area (Å²) in [6.45, 7) is 5.94. The molecule has 0 saturated carbocycles. The first-order valence-electron chi connectivity index (χ1n) is 9.56. The number of hydrogen-bond donors (Lipinski definition) is 1. The molecule has 0 aliphatic rings. The third kappa shape index (κ3) is 3.57. The molecule has 10 nitrogen and oxygen atoms in total. The zero-order valence-corrected chi connectivity index (χ0v) is 16.9. The first-order chi connectivity index (χ1) is 14.5. The molecule has 2 N–H and O–H groups in total. The number of fused-ring (bicyclic) bond motifs is 1. The summed E-state index contributed by atoms with van der Waals surface area (Å²) in [4.78, 5) is 43.3. The van der Waals surface area contributed by atoms with Gasteiger partial charge in [-0.3, -0.25) is 4.79 Å². The molecule has 3 aromatic rings. The van der Waals surface area contributed by atoms with E-state index in [-0.39, 0.29) is 36.4 Å². The van der Waals surface area contributed by atoms with Crippen LogP contribution in [0.3, 0.4) is 0 Å². The normalized spacial score (nSPS) is 10.7. The van der Waals surface area contributed by atoms with Gasteiger partial charge in [-0.05, 0) is 39.0 Å². The van der Waals surface area contributed by atoms with E-state index in [2.05, 4.69) is 9.97 Å². The van der Waals surface area contributed by atoms with Crippen molar-refractivity contribution in [3.05, 3.63) is 49.5 Å². The topological polar surface area (TPSA) is 133 Å². The monoisotopic (exact) mass is 412 g/mol. The highest BCUT2D eigenvalue weighted by molar-refractivity contribution is 5.88. The molecule has 0 saturated heterocycles. The van der Waals surface area contributed by atoms with Crippen LogP contribution < -0.4 is 31.4 Å². The predicted octanol–water partition coefficient (Wildman–Crippen LogP) is 0.673. The lowest BCUT2D eigenvalue weighted by Crippen LogP contribution is -2.45. The summed E-state index contributed by atoms with van der Waals surface area (Å²) in [5.41, 5.74) is -0.641. The lowest BCUT2D eigenvalue weighted by molar-refractivity contribution is -0.374. The Morgan fingerprint density at radius 1 is 1.07 bits per heavy atom. The first-order valence-corrected chi connectivity index (χ1v) is 9.56. The van der Waals surface area contributed by atoms with Crippen LogP contribution in [0, 0.1) is 11.3 Å². The van der Waals surface area contributed by atoms with Gasteiger partial charge in [0.25, 0.3) is 5.56 Å². The van der Waals surface area contributed by atoms with E-state index in [1.54, 1.807) is 39.0 Å². The number of aryl methyl sites for hydroxylation is 1. The molecule has 0 unspecified atom stereocenters. The van der Waals surface area contributed by atoms with Gasteiger partial charge in [0.15, 0.2) is 23.5 Å². The molecule has 0 radical (unpaired) electrons. The fourth-order valence-electron chi connectivity index (χ4n) is 3.32. The highest BCUT2D eigenvalue weighted by Gasteiger charge is 2.23. The van der Waals surface area contributed by atoms with Crippen molar-refractivity contribution in [3.63, 3.8) is 0 Å². The minimum Gasteiger partial charge on any atom is -0.490 e. The average molecular weight is 412 g/mol. The summed E-state index contributed by atoms with van der Waals surface area (Å²) in [6, 6.07) is 6.77. The zero-order valence-electron chi connectivity index (χ0n) is 16.9. The third-order valence-electron chi connectivity index (χ3n) is 4.60. The average Bonchev–Trinajstić information content (AvgIpc) is 2.73. The van der Waals surface area contributed by atoms with Crippen molar-refractivity contribution in [2.45, 2.75) is 33.9 Å². The number of nitrogens with zero attached hydrogens (tertiary/aromatic N) is 3. The number of aromatic nitrogens is 4. The molecule has 1 aromatic carbocycles. The number of nitrogens with one attached hydrogen (secondary N) is 2. The number of hydrogen-bond acceptors (Lipinski definition) is 6. The second-order valence-electron chi connectivity index (χ2n) is 6.30. The van der Waals surface area contributed by atoms with Gasteiger partial charge in [0.2, 0.25) is 5.65 Å². The number of rotatable bonds is 7. The number of H-pyrrole nitrogens is 2. The second-order valence-corrected chi connectivity index (χ2v) is 6.30. The molecule has 0 atom stereocenters. The molecular weight excluding hydrogens is 390 g/mol. The van der Waals surface area contributed by atoms with E-state index in [9.17, 15) is 14.4 Å². The Hall–Kier alpha value is -3.87. The van der Waals surface area contributed by atoms with Gasteiger partial charge in [0.1, 0.15) is 11.8 Å². The summed E-state index contributed by atoms with van der Waals surface area (Å²) >= 11 is 0. The number of aromatic amines is 2. The van der Waals surface area contributed by atoms with Crippen molar-refractivity contribution in [2.24, 2.45) is 0 Å². The Morgan fingerprint density at radius 2 is 1.80 bits per heavy atom. The minimum absolute atomic E-state index is 0.149. The Balaban J connectivity index is 2.38. The van der Waals surface area contributed by atoms with Crippen LogP contribution in [0.5, 0.6) is 11.5 Å². The van der Waals surface area contributed by atoms with E-state index in [4.69, 9.17) is 14.7 Å². The van der Waals surface area contributed by atoms with Gasteiger partial charge >= 0.3 is 11.4 Å². The minimum atomic E-state index is -0.560. The van der Waals surface area contributed by atoms with Gasteiger partial charge in [-0.2, -0.15) is 5.26 Å². The summed E-state index contributed by atoms with van der Waals surface area (Å²) in [7, 11) is 0. The van der Waals surface area contributed by atoms with Gasteiger partial charge in [-0.1, -0.05) is 0 Å². The smallest absolute Gasteiger partial charge is 0.439 e. The fourth-order valence-corrected chi connectivity index (χ4v) is 3.32. The summed E-state index contributed by atoms with van der Waals surface area (Å²) in [6.07, 6.45) is 0. The Kier molecular flexibility index (Phi) is 6.01. The van der Waals surface area contributed by atoms with Crippen LogP contribution in [0.15, 0.2) is 32.6 Å². The van der Waals surface area contributed by atoms with Gasteiger partial charge in [-0.15, -0.1) is 0 Å². The Labute approximate surface area is 170 Å². The molecule has 3 rings (SSSR count). The van der Waals surface area contributed by atoms with Crippen molar-refractivity contribution in [1.29, 1.82) is 5.26 Å². The van der Waals surface area contributed by atoms with Crippen molar-refractivity contribution >= 4 is 11.0 Å². The maximum absolute atomic E-state index is 13.1. The Bertz CT molecular complexity index is 1310. The van der Waals surface area contributed by atoms with Crippen LogP contribution in [0.4, 0.5) is 0 Å². The molecule has 0 aliphatic heterocycles. The lowest BCUT2D eigenvalue weighted by atomic mass is 10.1. The van der Waals surface area contributed by atoms with Gasteiger partial charge in [-0.25, -0.2) is 28.7 Å². The van der Waals surface area contributed by atoms with E-state index < -0.39 is 16.9 Å². The number of nitriles is 1. The zero-order chi connectivity index (χ0) is 21.8. The molecule has 0 bridgehead atoms. The molecule has 30 heavy (non-hydrogen) atoms. The molecule has 156 valence electrons.